The molecule has 0 saturated heterocycles. The highest BCUT2D eigenvalue weighted by molar-refractivity contribution is 7.98. The molecule has 164 valence electrons. The first-order valence-electron chi connectivity index (χ1n) is 9.63. The third kappa shape index (κ3) is 5.29. The summed E-state index contributed by atoms with van der Waals surface area (Å²) in [6.45, 7) is 1.73. The van der Waals surface area contributed by atoms with E-state index in [9.17, 15) is 9.59 Å². The number of fused-ring (bicyclic) bond motifs is 1. The molecule has 10 heteroatoms. The molecular formula is C22H19ClN4O3S2. The standard InChI is InChI=1S/C22H19ClN4O3S2/c1-12-16(10-19(28)26-22-25-17-7-6-14(23)9-18(17)32-22)20(29)27-21(24-12)31-11-13-4-3-5-15(8-13)30-2/h3-9H,10-11H2,1-2H3,(H,24,27,29)(H,25,26,28). The van der Waals surface area contributed by atoms with Crippen LogP contribution in [0, 0.1) is 6.92 Å². The number of carbonyl (C=O) groups excluding carboxylic acids is 1. The maximum Gasteiger partial charge on any atom is 0.255 e. The molecule has 4 rings (SSSR count). The lowest BCUT2D eigenvalue weighted by molar-refractivity contribution is -0.115. The third-order valence-electron chi connectivity index (χ3n) is 4.64. The minimum Gasteiger partial charge on any atom is -0.497 e. The van der Waals surface area contributed by atoms with Gasteiger partial charge in [-0.1, -0.05) is 46.8 Å². The first kappa shape index (κ1) is 22.3. The van der Waals surface area contributed by atoms with Crippen molar-refractivity contribution in [2.75, 3.05) is 12.4 Å². The molecule has 0 unspecified atom stereocenters. The van der Waals surface area contributed by atoms with E-state index in [0.29, 0.717) is 32.3 Å². The van der Waals surface area contributed by atoms with Crippen molar-refractivity contribution in [2.24, 2.45) is 0 Å². The lowest BCUT2D eigenvalue weighted by Gasteiger charge is -2.08. The number of nitrogens with one attached hydrogen (secondary N) is 2. The van der Waals surface area contributed by atoms with Crippen molar-refractivity contribution in [3.8, 4) is 5.75 Å². The van der Waals surface area contributed by atoms with Gasteiger partial charge in [0.05, 0.1) is 23.7 Å². The molecule has 0 radical (unpaired) electrons. The van der Waals surface area contributed by atoms with Gasteiger partial charge in [-0.05, 0) is 42.8 Å². The smallest absolute Gasteiger partial charge is 0.255 e. The number of aromatic amines is 1. The summed E-state index contributed by atoms with van der Waals surface area (Å²) in [5, 5.41) is 4.32. The number of amides is 1. The minimum atomic E-state index is -0.331. The minimum absolute atomic E-state index is 0.0916. The number of aryl methyl sites for hydroxylation is 1. The van der Waals surface area contributed by atoms with E-state index in [0.717, 1.165) is 21.5 Å². The predicted octanol–water partition coefficient (Wildman–Crippen LogP) is 4.82. The number of halogens is 1. The van der Waals surface area contributed by atoms with Crippen LogP contribution < -0.4 is 15.6 Å². The topological polar surface area (TPSA) is 97.0 Å². The Labute approximate surface area is 197 Å². The van der Waals surface area contributed by atoms with Crippen LogP contribution in [0.4, 0.5) is 5.13 Å². The van der Waals surface area contributed by atoms with Gasteiger partial charge in [-0.15, -0.1) is 0 Å². The van der Waals surface area contributed by atoms with Gasteiger partial charge in [-0.3, -0.25) is 9.59 Å². The zero-order valence-electron chi connectivity index (χ0n) is 17.3. The van der Waals surface area contributed by atoms with Crippen LogP contribution in [0.5, 0.6) is 5.75 Å². The van der Waals surface area contributed by atoms with E-state index in [1.54, 1.807) is 32.2 Å². The number of rotatable bonds is 7. The Balaban J connectivity index is 1.43. The highest BCUT2D eigenvalue weighted by Crippen LogP contribution is 2.28. The van der Waals surface area contributed by atoms with Crippen LogP contribution in [0.3, 0.4) is 0 Å². The summed E-state index contributed by atoms with van der Waals surface area (Å²) >= 11 is 8.74. The van der Waals surface area contributed by atoms with Gasteiger partial charge in [-0.25, -0.2) is 9.97 Å². The number of hydrogen-bond donors (Lipinski definition) is 2. The van der Waals surface area contributed by atoms with Gasteiger partial charge in [0, 0.05) is 22.0 Å². The van der Waals surface area contributed by atoms with Gasteiger partial charge in [0.25, 0.3) is 5.56 Å². The van der Waals surface area contributed by atoms with Crippen molar-refractivity contribution in [3.63, 3.8) is 0 Å². The summed E-state index contributed by atoms with van der Waals surface area (Å²) in [5.41, 5.74) is 2.33. The normalized spacial score (nSPS) is 11.0. The molecule has 0 aliphatic heterocycles. The number of thioether (sulfide) groups is 1. The second kappa shape index (κ2) is 9.72. The van der Waals surface area contributed by atoms with E-state index in [4.69, 9.17) is 16.3 Å². The fraction of sp³-hybridized carbons (Fsp3) is 0.182. The fourth-order valence-corrected chi connectivity index (χ4v) is 5.06. The molecule has 2 aromatic carbocycles. The number of aromatic nitrogens is 3. The Kier molecular flexibility index (Phi) is 6.78. The highest BCUT2D eigenvalue weighted by atomic mass is 35.5. The molecule has 1 amide bonds. The summed E-state index contributed by atoms with van der Waals surface area (Å²) < 4.78 is 6.11. The number of carbonyl (C=O) groups is 1. The van der Waals surface area contributed by atoms with Crippen molar-refractivity contribution in [1.82, 2.24) is 15.0 Å². The molecule has 2 aromatic heterocycles. The first-order valence-corrected chi connectivity index (χ1v) is 11.8. The van der Waals surface area contributed by atoms with Crippen LogP contribution in [-0.4, -0.2) is 28.0 Å². The van der Waals surface area contributed by atoms with E-state index < -0.39 is 0 Å². The molecule has 0 aliphatic carbocycles. The zero-order chi connectivity index (χ0) is 22.7. The average Bonchev–Trinajstić information content (AvgIpc) is 3.16. The van der Waals surface area contributed by atoms with Gasteiger partial charge in [0.2, 0.25) is 5.91 Å². The van der Waals surface area contributed by atoms with Crippen molar-refractivity contribution >= 4 is 56.0 Å². The Hall–Kier alpha value is -2.88. The van der Waals surface area contributed by atoms with Gasteiger partial charge < -0.3 is 15.0 Å². The molecule has 2 N–H and O–H groups in total. The van der Waals surface area contributed by atoms with E-state index in [1.165, 1.54) is 23.1 Å². The summed E-state index contributed by atoms with van der Waals surface area (Å²) in [4.78, 5) is 36.7. The number of methoxy groups -OCH3 is 1. The Morgan fingerprint density at radius 1 is 1.25 bits per heavy atom. The number of H-pyrrole nitrogens is 1. The van der Waals surface area contributed by atoms with Gasteiger partial charge in [0.1, 0.15) is 5.75 Å². The van der Waals surface area contributed by atoms with E-state index in [1.807, 2.05) is 24.3 Å². The Morgan fingerprint density at radius 3 is 2.88 bits per heavy atom. The summed E-state index contributed by atoms with van der Waals surface area (Å²) in [7, 11) is 1.62. The number of hydrogen-bond acceptors (Lipinski definition) is 7. The second-order valence-corrected chi connectivity index (χ2v) is 9.36. The number of benzene rings is 2. The molecule has 32 heavy (non-hydrogen) atoms. The van der Waals surface area contributed by atoms with Crippen LogP contribution >= 0.6 is 34.7 Å². The van der Waals surface area contributed by atoms with Crippen LogP contribution in [0.1, 0.15) is 16.8 Å². The molecule has 0 bridgehead atoms. The van der Waals surface area contributed by atoms with Crippen molar-refractivity contribution in [2.45, 2.75) is 24.3 Å². The van der Waals surface area contributed by atoms with Crippen LogP contribution in [0.15, 0.2) is 52.4 Å². The quantitative estimate of drug-likeness (QED) is 0.287. The predicted molar refractivity (Wildman–Crippen MR) is 129 cm³/mol. The van der Waals surface area contributed by atoms with Gasteiger partial charge in [0.15, 0.2) is 10.3 Å². The molecule has 0 fully saturated rings. The monoisotopic (exact) mass is 486 g/mol. The van der Waals surface area contributed by atoms with Gasteiger partial charge >= 0.3 is 0 Å². The Bertz CT molecular complexity index is 1350. The molecule has 0 saturated carbocycles. The third-order valence-corrected chi connectivity index (χ3v) is 6.76. The molecule has 2 heterocycles. The number of anilines is 1. The van der Waals surface area contributed by atoms with E-state index in [2.05, 4.69) is 20.3 Å². The largest absolute Gasteiger partial charge is 0.497 e. The average molecular weight is 487 g/mol. The van der Waals surface area contributed by atoms with E-state index >= 15 is 0 Å². The maximum absolute atomic E-state index is 12.6. The maximum atomic E-state index is 12.6. The number of ether oxygens (including phenoxy) is 1. The molecule has 0 aliphatic rings. The molecule has 0 spiro atoms. The van der Waals surface area contributed by atoms with Crippen molar-refractivity contribution in [1.29, 1.82) is 0 Å². The van der Waals surface area contributed by atoms with Gasteiger partial charge in [-0.2, -0.15) is 0 Å². The SMILES string of the molecule is COc1cccc(CSc2nc(C)c(CC(=O)Nc3nc4ccc(Cl)cc4s3)c(=O)[nH]2)c1. The van der Waals surface area contributed by atoms with Crippen molar-refractivity contribution in [3.05, 3.63) is 74.7 Å². The second-order valence-electron chi connectivity index (χ2n) is 6.93. The lowest BCUT2D eigenvalue weighted by atomic mass is 10.1. The number of nitrogens with zero attached hydrogens (tertiary/aromatic N) is 2. The highest BCUT2D eigenvalue weighted by Gasteiger charge is 2.15. The lowest BCUT2D eigenvalue weighted by Crippen LogP contribution is -2.23. The number of thiazole rings is 1. The van der Waals surface area contributed by atoms with Crippen LogP contribution in [0.2, 0.25) is 5.02 Å². The fourth-order valence-electron chi connectivity index (χ4n) is 3.05. The van der Waals surface area contributed by atoms with Crippen LogP contribution in [0.25, 0.3) is 10.2 Å². The van der Waals surface area contributed by atoms with Crippen molar-refractivity contribution < 1.29 is 9.53 Å². The summed E-state index contributed by atoms with van der Waals surface area (Å²) in [5.74, 6) is 1.07. The Morgan fingerprint density at radius 2 is 2.09 bits per heavy atom. The molecule has 7 nitrogen and oxygen atoms in total. The van der Waals surface area contributed by atoms with Crippen LogP contribution in [-0.2, 0) is 17.0 Å². The summed E-state index contributed by atoms with van der Waals surface area (Å²) in [6, 6.07) is 13.1. The summed E-state index contributed by atoms with van der Waals surface area (Å²) in [6.07, 6.45) is -0.0916. The zero-order valence-corrected chi connectivity index (χ0v) is 19.7. The molecule has 4 aromatic rings. The molecule has 0 atom stereocenters. The molecular weight excluding hydrogens is 468 g/mol. The first-order chi connectivity index (χ1) is 15.4. The van der Waals surface area contributed by atoms with E-state index in [-0.39, 0.29) is 17.9 Å².